The molecule has 2 nitrogen and oxygen atoms in total. The molecule has 108 valence electrons. The van der Waals surface area contributed by atoms with E-state index < -0.39 is 0 Å². The van der Waals surface area contributed by atoms with Gasteiger partial charge in [0.1, 0.15) is 0 Å². The number of nitrogens with one attached hydrogen (secondary N) is 1. The summed E-state index contributed by atoms with van der Waals surface area (Å²) < 4.78 is 0. The molecule has 0 spiro atoms. The van der Waals surface area contributed by atoms with Crippen molar-refractivity contribution in [2.45, 2.75) is 36.6 Å². The van der Waals surface area contributed by atoms with Gasteiger partial charge in [0, 0.05) is 11.5 Å². The van der Waals surface area contributed by atoms with Crippen LogP contribution in [0, 0.1) is 5.92 Å². The largest absolute Gasteiger partial charge is 0.271 e. The predicted molar refractivity (Wildman–Crippen MR) is 85.8 cm³/mol. The topological polar surface area (TPSA) is 38.0 Å². The maximum absolute atomic E-state index is 5.97. The van der Waals surface area contributed by atoms with Crippen LogP contribution in [0.2, 0.25) is 0 Å². The Bertz CT molecular complexity index is 604. The van der Waals surface area contributed by atoms with Crippen LogP contribution in [0.15, 0.2) is 60.7 Å². The van der Waals surface area contributed by atoms with Crippen LogP contribution in [-0.2, 0) is 5.41 Å². The van der Waals surface area contributed by atoms with Crippen molar-refractivity contribution in [3.05, 3.63) is 71.8 Å². The molecule has 2 aliphatic carbocycles. The standard InChI is InChI=1S/C19H22N2/c20-21-18(17-13-16(17)14-7-3-1-4-8-14)19(11-12-19)15-9-5-2-6-10-15/h1-10,16-18,21H,11-13,20H2. The van der Waals surface area contributed by atoms with E-state index in [9.17, 15) is 0 Å². The zero-order chi connectivity index (χ0) is 14.3. The first-order chi connectivity index (χ1) is 10.3. The van der Waals surface area contributed by atoms with Crippen LogP contribution in [0.25, 0.3) is 0 Å². The summed E-state index contributed by atoms with van der Waals surface area (Å²) in [5, 5.41) is 0. The van der Waals surface area contributed by atoms with Crippen LogP contribution in [0.1, 0.15) is 36.3 Å². The lowest BCUT2D eigenvalue weighted by Crippen LogP contribution is -2.46. The second-order valence-electron chi connectivity index (χ2n) is 6.58. The lowest BCUT2D eigenvalue weighted by Gasteiger charge is -2.27. The first-order valence-electron chi connectivity index (χ1n) is 7.92. The SMILES string of the molecule is NNC(C1CC1c1ccccc1)C1(c2ccccc2)CC1. The van der Waals surface area contributed by atoms with Crippen LogP contribution in [0.5, 0.6) is 0 Å². The smallest absolute Gasteiger partial charge is 0.0341 e. The van der Waals surface area contributed by atoms with Crippen molar-refractivity contribution in [1.29, 1.82) is 0 Å². The van der Waals surface area contributed by atoms with E-state index in [0.717, 1.165) is 0 Å². The third-order valence-electron chi connectivity index (χ3n) is 5.41. The van der Waals surface area contributed by atoms with E-state index >= 15 is 0 Å². The normalized spacial score (nSPS) is 27.1. The van der Waals surface area contributed by atoms with Crippen LogP contribution >= 0.6 is 0 Å². The average Bonchev–Trinajstić information content (AvgIpc) is 3.45. The molecule has 2 fully saturated rings. The maximum Gasteiger partial charge on any atom is 0.0341 e. The fraction of sp³-hybridized carbons (Fsp3) is 0.368. The summed E-state index contributed by atoms with van der Waals surface area (Å²) in [4.78, 5) is 0. The number of benzene rings is 2. The van der Waals surface area contributed by atoms with Gasteiger partial charge in [0.25, 0.3) is 0 Å². The van der Waals surface area contributed by atoms with E-state index in [4.69, 9.17) is 5.84 Å². The van der Waals surface area contributed by atoms with Crippen LogP contribution in [0.3, 0.4) is 0 Å². The third kappa shape index (κ3) is 2.19. The summed E-state index contributed by atoms with van der Waals surface area (Å²) in [6.07, 6.45) is 3.77. The van der Waals surface area contributed by atoms with Gasteiger partial charge in [-0.05, 0) is 42.2 Å². The highest BCUT2D eigenvalue weighted by molar-refractivity contribution is 5.37. The molecule has 0 aliphatic heterocycles. The Morgan fingerprint density at radius 2 is 1.57 bits per heavy atom. The number of hydrazine groups is 1. The molecule has 2 aromatic rings. The summed E-state index contributed by atoms with van der Waals surface area (Å²) in [6.45, 7) is 0. The lowest BCUT2D eigenvalue weighted by atomic mass is 9.84. The molecular weight excluding hydrogens is 256 g/mol. The molecule has 2 aliphatic rings. The molecule has 21 heavy (non-hydrogen) atoms. The maximum atomic E-state index is 5.97. The summed E-state index contributed by atoms with van der Waals surface area (Å²) in [6, 6.07) is 22.2. The van der Waals surface area contributed by atoms with Crippen molar-refractivity contribution in [3.63, 3.8) is 0 Å². The Morgan fingerprint density at radius 3 is 2.14 bits per heavy atom. The van der Waals surface area contributed by atoms with Crippen molar-refractivity contribution in [1.82, 2.24) is 5.43 Å². The van der Waals surface area contributed by atoms with Gasteiger partial charge in [-0.3, -0.25) is 11.3 Å². The van der Waals surface area contributed by atoms with Crippen LogP contribution < -0.4 is 11.3 Å². The second kappa shape index (κ2) is 4.97. The van der Waals surface area contributed by atoms with Crippen LogP contribution in [-0.4, -0.2) is 6.04 Å². The first kappa shape index (κ1) is 13.1. The first-order valence-corrected chi connectivity index (χ1v) is 7.92. The van der Waals surface area contributed by atoms with Crippen molar-refractivity contribution in [2.24, 2.45) is 11.8 Å². The van der Waals surface area contributed by atoms with Gasteiger partial charge in [0.2, 0.25) is 0 Å². The van der Waals surface area contributed by atoms with Crippen LogP contribution in [0.4, 0.5) is 0 Å². The second-order valence-corrected chi connectivity index (χ2v) is 6.58. The van der Waals surface area contributed by atoms with E-state index in [2.05, 4.69) is 66.1 Å². The van der Waals surface area contributed by atoms with Gasteiger partial charge in [-0.2, -0.15) is 0 Å². The molecule has 0 radical (unpaired) electrons. The summed E-state index contributed by atoms with van der Waals surface area (Å²) in [7, 11) is 0. The molecule has 3 unspecified atom stereocenters. The highest BCUT2D eigenvalue weighted by atomic mass is 15.3. The minimum atomic E-state index is 0.268. The average molecular weight is 278 g/mol. The molecule has 2 aromatic carbocycles. The molecule has 2 saturated carbocycles. The minimum Gasteiger partial charge on any atom is -0.271 e. The van der Waals surface area contributed by atoms with Gasteiger partial charge in [0.15, 0.2) is 0 Å². The summed E-state index contributed by atoms with van der Waals surface area (Å²) in [5.41, 5.74) is 6.35. The molecule has 2 heteroatoms. The molecule has 0 amide bonds. The monoisotopic (exact) mass is 278 g/mol. The Balaban J connectivity index is 1.57. The minimum absolute atomic E-state index is 0.268. The van der Waals surface area contributed by atoms with Gasteiger partial charge in [-0.25, -0.2) is 0 Å². The molecule has 0 bridgehead atoms. The molecular formula is C19H22N2. The van der Waals surface area contributed by atoms with Crippen molar-refractivity contribution >= 4 is 0 Å². The zero-order valence-electron chi connectivity index (χ0n) is 12.2. The van der Waals surface area contributed by atoms with E-state index in [1.54, 1.807) is 0 Å². The Morgan fingerprint density at radius 1 is 0.952 bits per heavy atom. The van der Waals surface area contributed by atoms with Gasteiger partial charge in [0.05, 0.1) is 0 Å². The Hall–Kier alpha value is -1.64. The lowest BCUT2D eigenvalue weighted by molar-refractivity contribution is 0.376. The molecule has 0 aromatic heterocycles. The highest BCUT2D eigenvalue weighted by Gasteiger charge is 2.58. The van der Waals surface area contributed by atoms with Gasteiger partial charge in [-0.1, -0.05) is 60.7 Å². The number of nitrogens with two attached hydrogens (primary N) is 1. The summed E-state index contributed by atoms with van der Waals surface area (Å²) >= 11 is 0. The third-order valence-corrected chi connectivity index (χ3v) is 5.41. The van der Waals surface area contributed by atoms with Crippen molar-refractivity contribution in [2.75, 3.05) is 0 Å². The predicted octanol–water partition coefficient (Wildman–Crippen LogP) is 3.35. The van der Waals surface area contributed by atoms with E-state index in [1.165, 1.54) is 30.4 Å². The Labute approximate surface area is 126 Å². The number of hydrogen-bond acceptors (Lipinski definition) is 2. The van der Waals surface area contributed by atoms with E-state index in [1.807, 2.05) is 0 Å². The van der Waals surface area contributed by atoms with Crippen molar-refractivity contribution < 1.29 is 0 Å². The molecule has 3 N–H and O–H groups in total. The van der Waals surface area contributed by atoms with Gasteiger partial charge >= 0.3 is 0 Å². The zero-order valence-corrected chi connectivity index (χ0v) is 12.2. The summed E-state index contributed by atoms with van der Waals surface area (Å²) in [5.74, 6) is 7.31. The fourth-order valence-electron chi connectivity index (χ4n) is 4.04. The van der Waals surface area contributed by atoms with E-state index in [-0.39, 0.29) is 5.41 Å². The highest BCUT2D eigenvalue weighted by Crippen LogP contribution is 2.60. The van der Waals surface area contributed by atoms with E-state index in [0.29, 0.717) is 17.9 Å². The van der Waals surface area contributed by atoms with Gasteiger partial charge < -0.3 is 0 Å². The Kier molecular flexibility index (Phi) is 3.09. The number of rotatable bonds is 5. The van der Waals surface area contributed by atoms with Gasteiger partial charge in [-0.15, -0.1) is 0 Å². The fourth-order valence-corrected chi connectivity index (χ4v) is 4.04. The molecule has 4 rings (SSSR count). The molecule has 0 saturated heterocycles. The van der Waals surface area contributed by atoms with Crippen molar-refractivity contribution in [3.8, 4) is 0 Å². The number of hydrogen-bond donors (Lipinski definition) is 2. The molecule has 0 heterocycles. The molecule has 3 atom stereocenters. The quantitative estimate of drug-likeness (QED) is 0.650.